The van der Waals surface area contributed by atoms with E-state index in [0.717, 1.165) is 12.8 Å². The van der Waals surface area contributed by atoms with E-state index in [1.165, 1.54) is 18.2 Å². The van der Waals surface area contributed by atoms with E-state index in [0.29, 0.717) is 28.8 Å². The van der Waals surface area contributed by atoms with Crippen LogP contribution in [0.15, 0.2) is 42.5 Å². The first-order chi connectivity index (χ1) is 11.9. The number of ketones is 2. The fourth-order valence-electron chi connectivity index (χ4n) is 2.94. The Morgan fingerprint density at radius 1 is 0.840 bits per heavy atom. The van der Waals surface area contributed by atoms with E-state index >= 15 is 0 Å². The van der Waals surface area contributed by atoms with Crippen LogP contribution in [0.4, 0.5) is 5.69 Å². The molecular weight excluding hydrogens is 338 g/mol. The summed E-state index contributed by atoms with van der Waals surface area (Å²) in [7, 11) is -3.47. The SMILES string of the molecule is CCCCCS(=O)(=O)Nc1ccc2c(c1)C(=O)c1ccccc1C2=O. The second-order valence-corrected chi connectivity index (χ2v) is 7.93. The van der Waals surface area contributed by atoms with Crippen LogP contribution in [0.5, 0.6) is 0 Å². The van der Waals surface area contributed by atoms with Crippen molar-refractivity contribution >= 4 is 27.3 Å². The van der Waals surface area contributed by atoms with Gasteiger partial charge in [0, 0.05) is 27.9 Å². The third-order valence-corrected chi connectivity index (χ3v) is 5.59. The normalized spacial score (nSPS) is 13.3. The molecule has 0 saturated heterocycles. The van der Waals surface area contributed by atoms with Gasteiger partial charge in [-0.25, -0.2) is 8.42 Å². The van der Waals surface area contributed by atoms with Crippen molar-refractivity contribution in [2.45, 2.75) is 26.2 Å². The molecule has 0 fully saturated rings. The summed E-state index contributed by atoms with van der Waals surface area (Å²) in [4.78, 5) is 25.2. The van der Waals surface area contributed by atoms with E-state index in [1.54, 1.807) is 24.3 Å². The lowest BCUT2D eigenvalue weighted by Gasteiger charge is -2.18. The predicted octanol–water partition coefficient (Wildman–Crippen LogP) is 3.39. The predicted molar refractivity (Wildman–Crippen MR) is 96.7 cm³/mol. The van der Waals surface area contributed by atoms with E-state index < -0.39 is 10.0 Å². The third-order valence-electron chi connectivity index (χ3n) is 4.22. The minimum atomic E-state index is -3.47. The van der Waals surface area contributed by atoms with Crippen LogP contribution >= 0.6 is 0 Å². The van der Waals surface area contributed by atoms with Gasteiger partial charge in [0.2, 0.25) is 10.0 Å². The van der Waals surface area contributed by atoms with Gasteiger partial charge in [-0.2, -0.15) is 0 Å². The molecule has 0 aliphatic heterocycles. The smallest absolute Gasteiger partial charge is 0.232 e. The van der Waals surface area contributed by atoms with Crippen molar-refractivity contribution in [1.29, 1.82) is 0 Å². The highest BCUT2D eigenvalue weighted by atomic mass is 32.2. The molecule has 0 amide bonds. The minimum absolute atomic E-state index is 0.0354. The largest absolute Gasteiger partial charge is 0.289 e. The number of carbonyl (C=O) groups excluding carboxylic acids is 2. The fourth-order valence-corrected chi connectivity index (χ4v) is 4.11. The Balaban J connectivity index is 1.90. The number of fused-ring (bicyclic) bond motifs is 2. The van der Waals surface area contributed by atoms with Crippen molar-refractivity contribution in [2.75, 3.05) is 10.5 Å². The molecule has 0 atom stereocenters. The Morgan fingerprint density at radius 3 is 2.08 bits per heavy atom. The molecule has 0 saturated carbocycles. The summed E-state index contributed by atoms with van der Waals surface area (Å²) in [6, 6.07) is 11.1. The van der Waals surface area contributed by atoms with Crippen LogP contribution in [0.3, 0.4) is 0 Å². The second-order valence-electron chi connectivity index (χ2n) is 6.09. The van der Waals surface area contributed by atoms with Gasteiger partial charge in [-0.15, -0.1) is 0 Å². The summed E-state index contributed by atoms with van der Waals surface area (Å²) in [5.41, 5.74) is 1.57. The van der Waals surface area contributed by atoms with Gasteiger partial charge < -0.3 is 0 Å². The second kappa shape index (κ2) is 6.80. The van der Waals surface area contributed by atoms with Crippen LogP contribution in [0.25, 0.3) is 0 Å². The molecule has 2 aromatic carbocycles. The van der Waals surface area contributed by atoms with Crippen LogP contribution in [0.2, 0.25) is 0 Å². The average Bonchev–Trinajstić information content (AvgIpc) is 2.59. The summed E-state index contributed by atoms with van der Waals surface area (Å²) >= 11 is 0. The summed E-state index contributed by atoms with van der Waals surface area (Å²) in [5, 5.41) is 0. The van der Waals surface area contributed by atoms with Gasteiger partial charge in [-0.05, 0) is 24.6 Å². The Bertz CT molecular complexity index is 948. The van der Waals surface area contributed by atoms with Gasteiger partial charge in [0.25, 0.3) is 0 Å². The third kappa shape index (κ3) is 3.49. The highest BCUT2D eigenvalue weighted by Gasteiger charge is 2.29. The number of sulfonamides is 1. The molecule has 1 N–H and O–H groups in total. The molecule has 3 rings (SSSR count). The first kappa shape index (κ1) is 17.4. The molecule has 1 aliphatic carbocycles. The number of carbonyl (C=O) groups is 2. The fraction of sp³-hybridized carbons (Fsp3) is 0.263. The van der Waals surface area contributed by atoms with E-state index in [-0.39, 0.29) is 22.9 Å². The van der Waals surface area contributed by atoms with E-state index in [2.05, 4.69) is 4.72 Å². The van der Waals surface area contributed by atoms with E-state index in [1.807, 2.05) is 6.92 Å². The molecule has 0 spiro atoms. The minimum Gasteiger partial charge on any atom is -0.289 e. The lowest BCUT2D eigenvalue weighted by molar-refractivity contribution is 0.0979. The summed E-state index contributed by atoms with van der Waals surface area (Å²) in [6.07, 6.45) is 2.36. The lowest BCUT2D eigenvalue weighted by Crippen LogP contribution is -2.22. The summed E-state index contributed by atoms with van der Waals surface area (Å²) < 4.78 is 26.7. The molecule has 0 heterocycles. The van der Waals surface area contributed by atoms with Gasteiger partial charge >= 0.3 is 0 Å². The van der Waals surface area contributed by atoms with Crippen molar-refractivity contribution in [2.24, 2.45) is 0 Å². The van der Waals surface area contributed by atoms with Crippen molar-refractivity contribution < 1.29 is 18.0 Å². The molecule has 2 aromatic rings. The number of benzene rings is 2. The first-order valence-electron chi connectivity index (χ1n) is 8.26. The molecule has 5 nitrogen and oxygen atoms in total. The Labute approximate surface area is 147 Å². The highest BCUT2D eigenvalue weighted by Crippen LogP contribution is 2.29. The topological polar surface area (TPSA) is 80.3 Å². The van der Waals surface area contributed by atoms with Crippen molar-refractivity contribution in [3.8, 4) is 0 Å². The molecular formula is C19H19NO4S. The highest BCUT2D eigenvalue weighted by molar-refractivity contribution is 7.92. The van der Waals surface area contributed by atoms with Crippen molar-refractivity contribution in [3.63, 3.8) is 0 Å². The monoisotopic (exact) mass is 357 g/mol. The van der Waals surface area contributed by atoms with E-state index in [9.17, 15) is 18.0 Å². The number of nitrogens with one attached hydrogen (secondary N) is 1. The van der Waals surface area contributed by atoms with Crippen LogP contribution < -0.4 is 4.72 Å². The van der Waals surface area contributed by atoms with Crippen LogP contribution in [-0.2, 0) is 10.0 Å². The maximum Gasteiger partial charge on any atom is 0.232 e. The number of rotatable bonds is 6. The molecule has 130 valence electrons. The zero-order valence-electron chi connectivity index (χ0n) is 13.9. The van der Waals surface area contributed by atoms with Crippen molar-refractivity contribution in [3.05, 3.63) is 64.7 Å². The molecule has 0 radical (unpaired) electrons. The summed E-state index contributed by atoms with van der Waals surface area (Å²) in [6.45, 7) is 2.00. The van der Waals surface area contributed by atoms with Gasteiger partial charge in [0.1, 0.15) is 0 Å². The van der Waals surface area contributed by atoms with Crippen LogP contribution in [0, 0.1) is 0 Å². The summed E-state index contributed by atoms with van der Waals surface area (Å²) in [5.74, 6) is -0.451. The van der Waals surface area contributed by atoms with E-state index in [4.69, 9.17) is 0 Å². The van der Waals surface area contributed by atoms with Gasteiger partial charge in [-0.1, -0.05) is 44.0 Å². The Morgan fingerprint density at radius 2 is 1.44 bits per heavy atom. The quantitative estimate of drug-likeness (QED) is 0.686. The molecule has 6 heteroatoms. The van der Waals surface area contributed by atoms with Gasteiger partial charge in [0.05, 0.1) is 5.75 Å². The zero-order valence-corrected chi connectivity index (χ0v) is 14.7. The first-order valence-corrected chi connectivity index (χ1v) is 9.91. The standard InChI is InChI=1S/C19H19NO4S/c1-2-3-6-11-25(23,24)20-13-9-10-16-17(12-13)19(22)15-8-5-4-7-14(15)18(16)21/h4-5,7-10,12,20H,2-3,6,11H2,1H3. The number of unbranched alkanes of at least 4 members (excludes halogenated alkanes) is 2. The molecule has 0 unspecified atom stereocenters. The van der Waals surface area contributed by atoms with Crippen molar-refractivity contribution in [1.82, 2.24) is 0 Å². The number of anilines is 1. The molecule has 1 aliphatic rings. The number of hydrogen-bond donors (Lipinski definition) is 1. The Hall–Kier alpha value is -2.47. The molecule has 0 aromatic heterocycles. The molecule has 0 bridgehead atoms. The lowest BCUT2D eigenvalue weighted by atomic mass is 9.84. The maximum absolute atomic E-state index is 12.7. The Kier molecular flexibility index (Phi) is 4.72. The molecule has 25 heavy (non-hydrogen) atoms. The van der Waals surface area contributed by atoms with Crippen LogP contribution in [0.1, 0.15) is 58.0 Å². The van der Waals surface area contributed by atoms with Crippen LogP contribution in [-0.4, -0.2) is 25.7 Å². The van der Waals surface area contributed by atoms with Gasteiger partial charge in [0.15, 0.2) is 11.6 Å². The number of hydrogen-bond acceptors (Lipinski definition) is 4. The maximum atomic E-state index is 12.7. The zero-order chi connectivity index (χ0) is 18.0. The van der Waals surface area contributed by atoms with Gasteiger partial charge in [-0.3, -0.25) is 14.3 Å². The average molecular weight is 357 g/mol.